The molecular weight excluding hydrogens is 262 g/mol. The monoisotopic (exact) mass is 281 g/mol. The van der Waals surface area contributed by atoms with Crippen LogP contribution in [0.25, 0.3) is 0 Å². The van der Waals surface area contributed by atoms with Crippen LogP contribution in [0.2, 0.25) is 5.02 Å². The molecule has 2 rings (SSSR count). The van der Waals surface area contributed by atoms with Gasteiger partial charge < -0.3 is 10.4 Å². The Hall–Kier alpha value is -1.06. The van der Waals surface area contributed by atoms with Gasteiger partial charge in [-0.3, -0.25) is 4.79 Å². The quantitative estimate of drug-likeness (QED) is 0.889. The molecule has 1 aliphatic carbocycles. The maximum atomic E-state index is 10.9. The van der Waals surface area contributed by atoms with E-state index in [1.54, 1.807) is 0 Å². The van der Waals surface area contributed by atoms with Gasteiger partial charge in [0, 0.05) is 17.6 Å². The van der Waals surface area contributed by atoms with Crippen LogP contribution < -0.4 is 5.32 Å². The molecule has 0 spiro atoms. The molecule has 2 N–H and O–H groups in total. The first-order valence-electron chi connectivity index (χ1n) is 6.77. The van der Waals surface area contributed by atoms with Crippen LogP contribution in [-0.2, 0) is 11.3 Å². The van der Waals surface area contributed by atoms with Crippen molar-refractivity contribution >= 4 is 17.6 Å². The fourth-order valence-corrected chi connectivity index (χ4v) is 2.90. The van der Waals surface area contributed by atoms with E-state index < -0.39 is 5.97 Å². The minimum atomic E-state index is -0.653. The van der Waals surface area contributed by atoms with E-state index >= 15 is 0 Å². The van der Waals surface area contributed by atoms with Crippen LogP contribution in [0.3, 0.4) is 0 Å². The third-order valence-electron chi connectivity index (χ3n) is 3.87. The van der Waals surface area contributed by atoms with E-state index in [1.165, 1.54) is 0 Å². The van der Waals surface area contributed by atoms with Crippen LogP contribution in [-0.4, -0.2) is 17.1 Å². The van der Waals surface area contributed by atoms with Gasteiger partial charge in [0.2, 0.25) is 0 Å². The first-order chi connectivity index (χ1) is 9.06. The van der Waals surface area contributed by atoms with Gasteiger partial charge in [0.05, 0.1) is 5.92 Å². The van der Waals surface area contributed by atoms with Gasteiger partial charge in [-0.2, -0.15) is 0 Å². The molecule has 1 aromatic rings. The van der Waals surface area contributed by atoms with E-state index in [0.29, 0.717) is 6.04 Å². The lowest BCUT2D eigenvalue weighted by Gasteiger charge is -2.27. The van der Waals surface area contributed by atoms with E-state index in [1.807, 2.05) is 19.1 Å². The lowest BCUT2D eigenvalue weighted by Crippen LogP contribution is -2.34. The summed E-state index contributed by atoms with van der Waals surface area (Å²) in [4.78, 5) is 10.9. The van der Waals surface area contributed by atoms with Crippen molar-refractivity contribution in [2.24, 2.45) is 5.92 Å². The van der Waals surface area contributed by atoms with Crippen LogP contribution in [0.5, 0.6) is 0 Å². The molecule has 1 aromatic carbocycles. The molecule has 0 aliphatic heterocycles. The van der Waals surface area contributed by atoms with Crippen molar-refractivity contribution in [1.82, 2.24) is 5.32 Å². The van der Waals surface area contributed by atoms with Gasteiger partial charge in [0.1, 0.15) is 0 Å². The standard InChI is InChI=1S/C15H20ClNO2/c1-10-2-3-12(14(16)8-10)9-17-13-6-4-11(5-7-13)15(18)19/h2-3,8,11,13,17H,4-7,9H2,1H3,(H,18,19). The summed E-state index contributed by atoms with van der Waals surface area (Å²) in [6, 6.07) is 6.49. The zero-order valence-corrected chi connectivity index (χ0v) is 11.9. The molecule has 0 saturated heterocycles. The predicted octanol–water partition coefficient (Wildman–Crippen LogP) is 3.38. The molecule has 1 saturated carbocycles. The number of carbonyl (C=O) groups is 1. The lowest BCUT2D eigenvalue weighted by molar-refractivity contribution is -0.142. The van der Waals surface area contributed by atoms with E-state index in [4.69, 9.17) is 16.7 Å². The van der Waals surface area contributed by atoms with E-state index in [2.05, 4.69) is 11.4 Å². The third-order valence-corrected chi connectivity index (χ3v) is 4.22. The molecule has 4 heteroatoms. The molecule has 19 heavy (non-hydrogen) atoms. The zero-order valence-electron chi connectivity index (χ0n) is 11.2. The molecule has 104 valence electrons. The van der Waals surface area contributed by atoms with Crippen LogP contribution in [0.1, 0.15) is 36.8 Å². The van der Waals surface area contributed by atoms with Crippen molar-refractivity contribution in [2.45, 2.75) is 45.2 Å². The molecule has 0 bridgehead atoms. The molecule has 0 heterocycles. The summed E-state index contributed by atoms with van der Waals surface area (Å²) in [6.07, 6.45) is 3.41. The summed E-state index contributed by atoms with van der Waals surface area (Å²) < 4.78 is 0. The molecule has 0 amide bonds. The van der Waals surface area contributed by atoms with E-state index in [-0.39, 0.29) is 5.92 Å². The third kappa shape index (κ3) is 3.95. The number of carboxylic acids is 1. The van der Waals surface area contributed by atoms with Gasteiger partial charge in [-0.25, -0.2) is 0 Å². The van der Waals surface area contributed by atoms with Crippen molar-refractivity contribution in [3.8, 4) is 0 Å². The van der Waals surface area contributed by atoms with Crippen molar-refractivity contribution in [1.29, 1.82) is 0 Å². The van der Waals surface area contributed by atoms with Crippen molar-refractivity contribution < 1.29 is 9.90 Å². The Morgan fingerprint density at radius 2 is 2.05 bits per heavy atom. The summed E-state index contributed by atoms with van der Waals surface area (Å²) in [5.74, 6) is -0.805. The summed E-state index contributed by atoms with van der Waals surface area (Å²) >= 11 is 6.19. The second-order valence-corrected chi connectivity index (χ2v) is 5.77. The van der Waals surface area contributed by atoms with Gasteiger partial charge in [-0.05, 0) is 49.8 Å². The predicted molar refractivity (Wildman–Crippen MR) is 76.4 cm³/mol. The van der Waals surface area contributed by atoms with Crippen molar-refractivity contribution in [3.63, 3.8) is 0 Å². The number of aliphatic carboxylic acids is 1. The van der Waals surface area contributed by atoms with Gasteiger partial charge in [-0.15, -0.1) is 0 Å². The maximum Gasteiger partial charge on any atom is 0.306 e. The number of rotatable bonds is 4. The molecule has 1 aliphatic rings. The minimum absolute atomic E-state index is 0.152. The molecule has 1 fully saturated rings. The molecule has 0 atom stereocenters. The van der Waals surface area contributed by atoms with E-state index in [9.17, 15) is 4.79 Å². The Morgan fingerprint density at radius 1 is 1.37 bits per heavy atom. The van der Waals surface area contributed by atoms with Gasteiger partial charge in [0.15, 0.2) is 0 Å². The van der Waals surface area contributed by atoms with Gasteiger partial charge >= 0.3 is 5.97 Å². The SMILES string of the molecule is Cc1ccc(CNC2CCC(C(=O)O)CC2)c(Cl)c1. The Labute approximate surface area is 119 Å². The number of benzene rings is 1. The number of hydrogen-bond donors (Lipinski definition) is 2. The number of halogens is 1. The number of nitrogens with one attached hydrogen (secondary N) is 1. The van der Waals surface area contributed by atoms with Gasteiger partial charge in [0.25, 0.3) is 0 Å². The summed E-state index contributed by atoms with van der Waals surface area (Å²) in [6.45, 7) is 2.78. The average Bonchev–Trinajstić information content (AvgIpc) is 2.38. The van der Waals surface area contributed by atoms with E-state index in [0.717, 1.165) is 48.4 Å². The summed E-state index contributed by atoms with van der Waals surface area (Å²) in [5.41, 5.74) is 2.27. The fourth-order valence-electron chi connectivity index (χ4n) is 2.59. The molecular formula is C15H20ClNO2. The second-order valence-electron chi connectivity index (χ2n) is 5.36. The minimum Gasteiger partial charge on any atom is -0.481 e. The Kier molecular flexibility index (Phi) is 4.83. The first-order valence-corrected chi connectivity index (χ1v) is 7.15. The van der Waals surface area contributed by atoms with Crippen molar-refractivity contribution in [3.05, 3.63) is 34.3 Å². The van der Waals surface area contributed by atoms with Crippen LogP contribution >= 0.6 is 11.6 Å². The van der Waals surface area contributed by atoms with Gasteiger partial charge in [-0.1, -0.05) is 23.7 Å². The zero-order chi connectivity index (χ0) is 13.8. The maximum absolute atomic E-state index is 10.9. The molecule has 0 radical (unpaired) electrons. The van der Waals surface area contributed by atoms with Crippen LogP contribution in [0.15, 0.2) is 18.2 Å². The highest BCUT2D eigenvalue weighted by Crippen LogP contribution is 2.25. The first kappa shape index (κ1) is 14.4. The largest absolute Gasteiger partial charge is 0.481 e. The summed E-state index contributed by atoms with van der Waals surface area (Å²) in [5, 5.41) is 13.2. The number of hydrogen-bond acceptors (Lipinski definition) is 2. The molecule has 0 aromatic heterocycles. The van der Waals surface area contributed by atoms with Crippen LogP contribution in [0, 0.1) is 12.8 Å². The number of aryl methyl sites for hydroxylation is 1. The molecule has 3 nitrogen and oxygen atoms in total. The fraction of sp³-hybridized carbons (Fsp3) is 0.533. The highest BCUT2D eigenvalue weighted by molar-refractivity contribution is 6.31. The summed E-state index contributed by atoms with van der Waals surface area (Å²) in [7, 11) is 0. The highest BCUT2D eigenvalue weighted by atomic mass is 35.5. The molecule has 0 unspecified atom stereocenters. The second kappa shape index (κ2) is 6.40. The smallest absolute Gasteiger partial charge is 0.306 e. The number of carboxylic acid groups (broad SMARTS) is 1. The highest BCUT2D eigenvalue weighted by Gasteiger charge is 2.25. The van der Waals surface area contributed by atoms with Crippen LogP contribution in [0.4, 0.5) is 0 Å². The Bertz CT molecular complexity index is 453. The normalized spacial score (nSPS) is 23.3. The topological polar surface area (TPSA) is 49.3 Å². The Balaban J connectivity index is 1.82. The Morgan fingerprint density at radius 3 is 2.63 bits per heavy atom. The lowest BCUT2D eigenvalue weighted by atomic mass is 9.86. The van der Waals surface area contributed by atoms with Crippen molar-refractivity contribution in [2.75, 3.05) is 0 Å². The average molecular weight is 282 g/mol.